The van der Waals surface area contributed by atoms with Gasteiger partial charge < -0.3 is 15.1 Å². The van der Waals surface area contributed by atoms with Crippen LogP contribution < -0.4 is 10.6 Å². The fraction of sp³-hybridized carbons (Fsp3) is 0.688. The van der Waals surface area contributed by atoms with Gasteiger partial charge in [0.1, 0.15) is 11.5 Å². The van der Waals surface area contributed by atoms with Crippen LogP contribution in [-0.4, -0.2) is 18.5 Å². The Hall–Kier alpha value is -1.29. The van der Waals surface area contributed by atoms with Gasteiger partial charge in [-0.25, -0.2) is 0 Å². The van der Waals surface area contributed by atoms with Crippen LogP contribution in [0.5, 0.6) is 0 Å². The van der Waals surface area contributed by atoms with Gasteiger partial charge in [-0.2, -0.15) is 0 Å². The van der Waals surface area contributed by atoms with E-state index in [2.05, 4.69) is 30.5 Å². The van der Waals surface area contributed by atoms with Gasteiger partial charge in [-0.15, -0.1) is 0 Å². The topological polar surface area (TPSA) is 54.3 Å². The smallest absolute Gasteiger partial charge is 0.221 e. The SMILES string of the molecule is CCC(C)NC(=O)CCNCc1ccc(C2CC2C)o1. The van der Waals surface area contributed by atoms with Crippen LogP contribution in [0.3, 0.4) is 0 Å². The molecule has 0 spiro atoms. The van der Waals surface area contributed by atoms with Crippen molar-refractivity contribution in [3.05, 3.63) is 23.7 Å². The van der Waals surface area contributed by atoms with Crippen molar-refractivity contribution in [3.63, 3.8) is 0 Å². The highest BCUT2D eigenvalue weighted by Crippen LogP contribution is 2.47. The van der Waals surface area contributed by atoms with Gasteiger partial charge in [-0.1, -0.05) is 13.8 Å². The lowest BCUT2D eigenvalue weighted by molar-refractivity contribution is -0.121. The molecule has 0 aliphatic heterocycles. The van der Waals surface area contributed by atoms with Gasteiger partial charge in [0.2, 0.25) is 5.91 Å². The number of carbonyl (C=O) groups excluding carboxylic acids is 1. The Morgan fingerprint density at radius 3 is 2.90 bits per heavy atom. The summed E-state index contributed by atoms with van der Waals surface area (Å²) in [5, 5.41) is 6.21. The quantitative estimate of drug-likeness (QED) is 0.719. The molecule has 4 heteroatoms. The van der Waals surface area contributed by atoms with Gasteiger partial charge in [0.15, 0.2) is 0 Å². The molecule has 0 bridgehead atoms. The molecule has 1 amide bonds. The van der Waals surface area contributed by atoms with Gasteiger partial charge in [0.05, 0.1) is 6.54 Å². The maximum atomic E-state index is 11.6. The lowest BCUT2D eigenvalue weighted by Gasteiger charge is -2.11. The molecule has 0 radical (unpaired) electrons. The molecule has 1 fully saturated rings. The number of amides is 1. The van der Waals surface area contributed by atoms with Gasteiger partial charge in [-0.05, 0) is 37.8 Å². The van der Waals surface area contributed by atoms with Crippen molar-refractivity contribution in [2.24, 2.45) is 5.92 Å². The lowest BCUT2D eigenvalue weighted by Crippen LogP contribution is -2.33. The van der Waals surface area contributed by atoms with E-state index < -0.39 is 0 Å². The Labute approximate surface area is 121 Å². The highest BCUT2D eigenvalue weighted by molar-refractivity contribution is 5.76. The highest BCUT2D eigenvalue weighted by atomic mass is 16.3. The molecule has 112 valence electrons. The second kappa shape index (κ2) is 6.93. The van der Waals surface area contributed by atoms with Crippen LogP contribution in [0, 0.1) is 5.92 Å². The molecule has 2 N–H and O–H groups in total. The summed E-state index contributed by atoms with van der Waals surface area (Å²) < 4.78 is 5.80. The van der Waals surface area contributed by atoms with Crippen LogP contribution in [0.25, 0.3) is 0 Å². The Balaban J connectivity index is 1.61. The van der Waals surface area contributed by atoms with Gasteiger partial charge in [0, 0.05) is 24.9 Å². The zero-order valence-electron chi connectivity index (χ0n) is 12.7. The zero-order chi connectivity index (χ0) is 14.5. The molecular weight excluding hydrogens is 252 g/mol. The first-order chi connectivity index (χ1) is 9.60. The molecule has 3 unspecified atom stereocenters. The van der Waals surface area contributed by atoms with Crippen molar-refractivity contribution in [3.8, 4) is 0 Å². The summed E-state index contributed by atoms with van der Waals surface area (Å²) in [6.45, 7) is 7.71. The zero-order valence-corrected chi connectivity index (χ0v) is 12.7. The third-order valence-corrected chi connectivity index (χ3v) is 4.01. The van der Waals surface area contributed by atoms with Crippen LogP contribution in [0.15, 0.2) is 16.5 Å². The molecule has 1 aliphatic rings. The molecule has 0 saturated heterocycles. The van der Waals surface area contributed by atoms with Crippen molar-refractivity contribution in [1.29, 1.82) is 0 Å². The second-order valence-electron chi connectivity index (χ2n) is 5.93. The molecule has 2 rings (SSSR count). The van der Waals surface area contributed by atoms with E-state index in [-0.39, 0.29) is 11.9 Å². The predicted octanol–water partition coefficient (Wildman–Crippen LogP) is 2.80. The van der Waals surface area contributed by atoms with E-state index >= 15 is 0 Å². The predicted molar refractivity (Wildman–Crippen MR) is 79.4 cm³/mol. The molecule has 0 aromatic carbocycles. The molecule has 3 atom stereocenters. The van der Waals surface area contributed by atoms with E-state index in [1.54, 1.807) is 0 Å². The molecule has 1 saturated carbocycles. The molecule has 4 nitrogen and oxygen atoms in total. The number of carbonyl (C=O) groups is 1. The van der Waals surface area contributed by atoms with Crippen LogP contribution in [0.1, 0.15) is 57.5 Å². The Morgan fingerprint density at radius 2 is 2.25 bits per heavy atom. The Bertz CT molecular complexity index is 441. The minimum Gasteiger partial charge on any atom is -0.464 e. The van der Waals surface area contributed by atoms with E-state index in [9.17, 15) is 4.79 Å². The average Bonchev–Trinajstić information content (AvgIpc) is 2.98. The number of hydrogen-bond acceptors (Lipinski definition) is 3. The number of nitrogens with one attached hydrogen (secondary N) is 2. The minimum absolute atomic E-state index is 0.110. The third kappa shape index (κ3) is 4.37. The second-order valence-corrected chi connectivity index (χ2v) is 5.93. The molecule has 20 heavy (non-hydrogen) atoms. The number of rotatable bonds is 8. The lowest BCUT2D eigenvalue weighted by atomic mass is 10.2. The molecule has 1 heterocycles. The van der Waals surface area contributed by atoms with Crippen LogP contribution in [0.4, 0.5) is 0 Å². The van der Waals surface area contributed by atoms with Crippen LogP contribution in [0.2, 0.25) is 0 Å². The number of hydrogen-bond donors (Lipinski definition) is 2. The average molecular weight is 278 g/mol. The largest absolute Gasteiger partial charge is 0.464 e. The van der Waals surface area contributed by atoms with Gasteiger partial charge in [-0.3, -0.25) is 4.79 Å². The van der Waals surface area contributed by atoms with E-state index in [1.165, 1.54) is 6.42 Å². The maximum absolute atomic E-state index is 11.6. The summed E-state index contributed by atoms with van der Waals surface area (Å²) in [6.07, 6.45) is 2.72. The summed E-state index contributed by atoms with van der Waals surface area (Å²) in [4.78, 5) is 11.6. The molecule has 1 aromatic rings. The van der Waals surface area contributed by atoms with Crippen LogP contribution in [-0.2, 0) is 11.3 Å². The Kier molecular flexibility index (Phi) is 5.24. The molecular formula is C16H26N2O2. The summed E-state index contributed by atoms with van der Waals surface area (Å²) in [7, 11) is 0. The van der Waals surface area contributed by atoms with E-state index in [4.69, 9.17) is 4.42 Å². The summed E-state index contributed by atoms with van der Waals surface area (Å²) in [6, 6.07) is 4.38. The normalized spacial score (nSPS) is 22.6. The maximum Gasteiger partial charge on any atom is 0.221 e. The fourth-order valence-electron chi connectivity index (χ4n) is 2.27. The monoisotopic (exact) mass is 278 g/mol. The summed E-state index contributed by atoms with van der Waals surface area (Å²) in [5.74, 6) is 3.58. The van der Waals surface area contributed by atoms with Gasteiger partial charge >= 0.3 is 0 Å². The Morgan fingerprint density at radius 1 is 1.50 bits per heavy atom. The van der Waals surface area contributed by atoms with E-state index in [0.29, 0.717) is 25.4 Å². The molecule has 1 aromatic heterocycles. The third-order valence-electron chi connectivity index (χ3n) is 4.01. The first kappa shape index (κ1) is 15.1. The van der Waals surface area contributed by atoms with E-state index in [0.717, 1.165) is 23.9 Å². The first-order valence-electron chi connectivity index (χ1n) is 7.68. The van der Waals surface area contributed by atoms with Crippen LogP contribution >= 0.6 is 0 Å². The highest BCUT2D eigenvalue weighted by Gasteiger charge is 2.36. The molecule has 1 aliphatic carbocycles. The fourth-order valence-corrected chi connectivity index (χ4v) is 2.27. The summed E-state index contributed by atoms with van der Waals surface area (Å²) in [5.41, 5.74) is 0. The van der Waals surface area contributed by atoms with Crippen molar-refractivity contribution >= 4 is 5.91 Å². The first-order valence-corrected chi connectivity index (χ1v) is 7.68. The van der Waals surface area contributed by atoms with E-state index in [1.807, 2.05) is 13.0 Å². The van der Waals surface area contributed by atoms with Crippen molar-refractivity contribution in [2.45, 2.75) is 58.5 Å². The van der Waals surface area contributed by atoms with Crippen molar-refractivity contribution in [1.82, 2.24) is 10.6 Å². The minimum atomic E-state index is 0.110. The van der Waals surface area contributed by atoms with Crippen molar-refractivity contribution in [2.75, 3.05) is 6.54 Å². The number of furan rings is 1. The van der Waals surface area contributed by atoms with Crippen molar-refractivity contribution < 1.29 is 9.21 Å². The summed E-state index contributed by atoms with van der Waals surface area (Å²) >= 11 is 0. The van der Waals surface area contributed by atoms with Gasteiger partial charge in [0.25, 0.3) is 0 Å². The standard InChI is InChI=1S/C16H26N2O2/c1-4-12(3)18-16(19)7-8-17-10-13-5-6-15(20-13)14-9-11(14)2/h5-6,11-12,14,17H,4,7-10H2,1-3H3,(H,18,19).